The summed E-state index contributed by atoms with van der Waals surface area (Å²) in [5.74, 6) is 0.00325. The van der Waals surface area contributed by atoms with Crippen molar-refractivity contribution in [2.24, 2.45) is 0 Å². The summed E-state index contributed by atoms with van der Waals surface area (Å²) >= 11 is 8.78. The smallest absolute Gasteiger partial charge is 0.269 e. The molecule has 0 spiro atoms. The van der Waals surface area contributed by atoms with E-state index in [2.05, 4.69) is 10.3 Å². The number of nitrogens with zero attached hydrogens (tertiary/aromatic N) is 2. The van der Waals surface area contributed by atoms with Crippen LogP contribution in [0.1, 0.15) is 5.56 Å². The van der Waals surface area contributed by atoms with Crippen molar-refractivity contribution >= 4 is 62.2 Å². The quantitative estimate of drug-likeness (QED) is 0.378. The number of nitro benzene ring substituents is 1. The summed E-state index contributed by atoms with van der Waals surface area (Å²) in [4.78, 5) is 26.8. The molecule has 1 amide bonds. The number of carbonyl (C=O) groups is 1. The minimum atomic E-state index is -0.464. The highest BCUT2D eigenvalue weighted by atomic mass is 35.5. The van der Waals surface area contributed by atoms with E-state index in [1.807, 2.05) is 6.07 Å². The van der Waals surface area contributed by atoms with Gasteiger partial charge >= 0.3 is 0 Å². The Balaban J connectivity index is 1.63. The van der Waals surface area contributed by atoms with Crippen molar-refractivity contribution in [3.8, 4) is 0 Å². The number of halogens is 1. The third-order valence-corrected chi connectivity index (χ3v) is 5.77. The van der Waals surface area contributed by atoms with Gasteiger partial charge < -0.3 is 5.32 Å². The topological polar surface area (TPSA) is 85.1 Å². The molecule has 0 saturated carbocycles. The van der Waals surface area contributed by atoms with Crippen molar-refractivity contribution in [3.05, 3.63) is 57.1 Å². The van der Waals surface area contributed by atoms with Crippen molar-refractivity contribution in [1.82, 2.24) is 4.98 Å². The first-order valence-electron chi connectivity index (χ1n) is 7.16. The third-order valence-electron chi connectivity index (χ3n) is 3.35. The number of carbonyl (C=O) groups excluding carboxylic acids is 1. The fraction of sp³-hybridized carbons (Fsp3) is 0.125. The first-order valence-corrected chi connectivity index (χ1v) is 9.34. The number of rotatable bonds is 5. The number of hydrogen-bond donors (Lipinski definition) is 1. The number of anilines is 1. The molecule has 3 rings (SSSR count). The predicted octanol–water partition coefficient (Wildman–Crippen LogP) is 4.90. The molecule has 1 N–H and O–H groups in total. The molecule has 0 aliphatic carbocycles. The lowest BCUT2D eigenvalue weighted by atomic mass is 10.2. The maximum atomic E-state index is 12.1. The van der Waals surface area contributed by atoms with Crippen LogP contribution in [0.2, 0.25) is 5.02 Å². The highest BCUT2D eigenvalue weighted by molar-refractivity contribution is 8.01. The van der Waals surface area contributed by atoms with E-state index in [4.69, 9.17) is 11.6 Å². The Labute approximate surface area is 156 Å². The van der Waals surface area contributed by atoms with E-state index in [1.54, 1.807) is 19.1 Å². The first kappa shape index (κ1) is 17.7. The molecule has 0 saturated heterocycles. The second kappa shape index (κ2) is 7.38. The van der Waals surface area contributed by atoms with Crippen LogP contribution in [-0.4, -0.2) is 21.6 Å². The van der Waals surface area contributed by atoms with Gasteiger partial charge in [-0.05, 0) is 36.8 Å². The normalized spacial score (nSPS) is 10.8. The molecule has 0 radical (unpaired) electrons. The zero-order chi connectivity index (χ0) is 18.0. The Bertz CT molecular complexity index is 974. The standard InChI is InChI=1S/C16H12ClN3O3S2/c1-9-6-11(20(22)23)3-4-12(9)18-15(21)8-24-16-19-13-7-10(17)2-5-14(13)25-16/h2-7H,8H2,1H3,(H,18,21). The molecule has 25 heavy (non-hydrogen) atoms. The van der Waals surface area contributed by atoms with Crippen LogP contribution in [-0.2, 0) is 4.79 Å². The van der Waals surface area contributed by atoms with Gasteiger partial charge in [0.25, 0.3) is 5.69 Å². The SMILES string of the molecule is Cc1cc([N+](=O)[O-])ccc1NC(=O)CSc1nc2cc(Cl)ccc2s1. The molecular weight excluding hydrogens is 382 g/mol. The molecule has 9 heteroatoms. The average molecular weight is 394 g/mol. The number of thiazole rings is 1. The van der Waals surface area contributed by atoms with E-state index < -0.39 is 4.92 Å². The van der Waals surface area contributed by atoms with Gasteiger partial charge in [-0.25, -0.2) is 4.98 Å². The Morgan fingerprint density at radius 2 is 2.16 bits per heavy atom. The van der Waals surface area contributed by atoms with Gasteiger partial charge in [0, 0.05) is 22.8 Å². The second-order valence-electron chi connectivity index (χ2n) is 5.19. The van der Waals surface area contributed by atoms with Gasteiger partial charge in [0.2, 0.25) is 5.91 Å². The van der Waals surface area contributed by atoms with E-state index in [9.17, 15) is 14.9 Å². The molecule has 0 unspecified atom stereocenters. The van der Waals surface area contributed by atoms with E-state index >= 15 is 0 Å². The van der Waals surface area contributed by atoms with E-state index in [0.29, 0.717) is 16.3 Å². The zero-order valence-electron chi connectivity index (χ0n) is 13.0. The molecule has 0 aliphatic rings. The zero-order valence-corrected chi connectivity index (χ0v) is 15.4. The van der Waals surface area contributed by atoms with Gasteiger partial charge in [-0.15, -0.1) is 11.3 Å². The van der Waals surface area contributed by atoms with Gasteiger partial charge in [0.1, 0.15) is 0 Å². The lowest BCUT2D eigenvalue weighted by Gasteiger charge is -2.07. The maximum absolute atomic E-state index is 12.1. The molecular formula is C16H12ClN3O3S2. The molecule has 3 aromatic rings. The molecule has 0 aliphatic heterocycles. The minimum absolute atomic E-state index is 0.00184. The Hall–Kier alpha value is -2.16. The summed E-state index contributed by atoms with van der Waals surface area (Å²) in [6.07, 6.45) is 0. The van der Waals surface area contributed by atoms with Crippen LogP contribution in [0.25, 0.3) is 10.2 Å². The molecule has 1 aromatic heterocycles. The Morgan fingerprint density at radius 3 is 2.88 bits per heavy atom. The lowest BCUT2D eigenvalue weighted by molar-refractivity contribution is -0.384. The van der Waals surface area contributed by atoms with Crippen molar-refractivity contribution in [2.75, 3.05) is 11.1 Å². The second-order valence-corrected chi connectivity index (χ2v) is 7.87. The summed E-state index contributed by atoms with van der Waals surface area (Å²) in [5.41, 5.74) is 2.01. The number of nitro groups is 1. The van der Waals surface area contributed by atoms with Crippen molar-refractivity contribution in [1.29, 1.82) is 0 Å². The summed E-state index contributed by atoms with van der Waals surface area (Å²) < 4.78 is 1.80. The average Bonchev–Trinajstić information content (AvgIpc) is 2.96. The van der Waals surface area contributed by atoms with Crippen LogP contribution in [0.4, 0.5) is 11.4 Å². The monoisotopic (exact) mass is 393 g/mol. The predicted molar refractivity (Wildman–Crippen MR) is 102 cm³/mol. The fourth-order valence-corrected chi connectivity index (χ4v) is 4.17. The molecule has 0 fully saturated rings. The Kier molecular flexibility index (Phi) is 5.22. The number of amides is 1. The van der Waals surface area contributed by atoms with Crippen LogP contribution in [0.3, 0.4) is 0 Å². The van der Waals surface area contributed by atoms with Crippen molar-refractivity contribution in [3.63, 3.8) is 0 Å². The van der Waals surface area contributed by atoms with Gasteiger partial charge in [-0.2, -0.15) is 0 Å². The van der Waals surface area contributed by atoms with Gasteiger partial charge in [0.15, 0.2) is 4.34 Å². The number of fused-ring (bicyclic) bond motifs is 1. The Morgan fingerprint density at radius 1 is 1.36 bits per heavy atom. The highest BCUT2D eigenvalue weighted by Crippen LogP contribution is 2.31. The minimum Gasteiger partial charge on any atom is -0.325 e. The van der Waals surface area contributed by atoms with Crippen molar-refractivity contribution in [2.45, 2.75) is 11.3 Å². The van der Waals surface area contributed by atoms with E-state index in [1.165, 1.54) is 41.3 Å². The number of non-ortho nitro benzene ring substituents is 1. The largest absolute Gasteiger partial charge is 0.325 e. The third kappa shape index (κ3) is 4.28. The molecule has 128 valence electrons. The summed E-state index contributed by atoms with van der Waals surface area (Å²) in [6, 6.07) is 9.83. The summed E-state index contributed by atoms with van der Waals surface area (Å²) in [7, 11) is 0. The molecule has 2 aromatic carbocycles. The van der Waals surface area contributed by atoms with Crippen LogP contribution >= 0.6 is 34.7 Å². The van der Waals surface area contributed by atoms with Gasteiger partial charge in [-0.3, -0.25) is 14.9 Å². The number of nitrogens with one attached hydrogen (secondary N) is 1. The van der Waals surface area contributed by atoms with E-state index in [0.717, 1.165) is 14.6 Å². The van der Waals surface area contributed by atoms with Crippen LogP contribution in [0, 0.1) is 17.0 Å². The molecule has 1 heterocycles. The number of aryl methyl sites for hydroxylation is 1. The van der Waals surface area contributed by atoms with Crippen molar-refractivity contribution < 1.29 is 9.72 Å². The maximum Gasteiger partial charge on any atom is 0.269 e. The molecule has 0 atom stereocenters. The van der Waals surface area contributed by atoms with Gasteiger partial charge in [0.05, 0.1) is 20.9 Å². The van der Waals surface area contributed by atoms with Crippen LogP contribution in [0.15, 0.2) is 40.7 Å². The number of benzene rings is 2. The summed E-state index contributed by atoms with van der Waals surface area (Å²) in [6.45, 7) is 1.72. The van der Waals surface area contributed by atoms with Crippen LogP contribution < -0.4 is 5.32 Å². The van der Waals surface area contributed by atoms with Crippen LogP contribution in [0.5, 0.6) is 0 Å². The number of thioether (sulfide) groups is 1. The van der Waals surface area contributed by atoms with Gasteiger partial charge in [-0.1, -0.05) is 23.4 Å². The molecule has 6 nitrogen and oxygen atoms in total. The highest BCUT2D eigenvalue weighted by Gasteiger charge is 2.12. The summed E-state index contributed by atoms with van der Waals surface area (Å²) in [5, 5.41) is 14.1. The molecule has 0 bridgehead atoms. The number of hydrogen-bond acceptors (Lipinski definition) is 6. The lowest BCUT2D eigenvalue weighted by Crippen LogP contribution is -2.14. The fourth-order valence-electron chi connectivity index (χ4n) is 2.16. The first-order chi connectivity index (χ1) is 11.9. The number of aromatic nitrogens is 1. The van der Waals surface area contributed by atoms with E-state index in [-0.39, 0.29) is 17.3 Å².